The molecular formula is C27H33N5O4S. The van der Waals surface area contributed by atoms with Crippen molar-refractivity contribution in [3.05, 3.63) is 59.1 Å². The van der Waals surface area contributed by atoms with E-state index in [0.717, 1.165) is 26.9 Å². The van der Waals surface area contributed by atoms with E-state index in [4.69, 9.17) is 10.5 Å². The van der Waals surface area contributed by atoms with Gasteiger partial charge in [0.25, 0.3) is 0 Å². The van der Waals surface area contributed by atoms with Crippen molar-refractivity contribution in [1.82, 2.24) is 20.1 Å². The molecule has 1 atom stereocenters. The van der Waals surface area contributed by atoms with Crippen molar-refractivity contribution in [3.63, 3.8) is 0 Å². The molecule has 9 nitrogen and oxygen atoms in total. The number of carbonyl (C=O) groups excluding carboxylic acids is 3. The van der Waals surface area contributed by atoms with Gasteiger partial charge in [-0.05, 0) is 51.3 Å². The summed E-state index contributed by atoms with van der Waals surface area (Å²) in [6.45, 7) is 6.23. The first-order valence-corrected chi connectivity index (χ1v) is 13.1. The molecule has 1 aromatic carbocycles. The third-order valence-corrected chi connectivity index (χ3v) is 7.13. The van der Waals surface area contributed by atoms with Crippen LogP contribution in [0.4, 0.5) is 10.6 Å². The molecule has 1 aliphatic rings. The van der Waals surface area contributed by atoms with Crippen molar-refractivity contribution in [2.45, 2.75) is 58.3 Å². The van der Waals surface area contributed by atoms with Crippen LogP contribution in [-0.2, 0) is 27.4 Å². The molecule has 0 spiro atoms. The molecule has 0 aliphatic carbocycles. The monoisotopic (exact) mass is 523 g/mol. The summed E-state index contributed by atoms with van der Waals surface area (Å²) in [5, 5.41) is 3.83. The highest BCUT2D eigenvalue weighted by molar-refractivity contribution is 7.19. The Morgan fingerprint density at radius 2 is 1.97 bits per heavy atom. The van der Waals surface area contributed by atoms with Gasteiger partial charge in [0.1, 0.15) is 24.0 Å². The summed E-state index contributed by atoms with van der Waals surface area (Å²) in [5.41, 5.74) is 6.14. The molecule has 1 unspecified atom stereocenters. The second kappa shape index (κ2) is 11.2. The van der Waals surface area contributed by atoms with E-state index in [1.54, 1.807) is 43.2 Å². The number of hydrogen-bond donors (Lipinski definition) is 2. The lowest BCUT2D eigenvalue weighted by atomic mass is 10.2. The Labute approximate surface area is 220 Å². The first kappa shape index (κ1) is 26.4. The Hall–Kier alpha value is -3.66. The predicted molar refractivity (Wildman–Crippen MR) is 144 cm³/mol. The summed E-state index contributed by atoms with van der Waals surface area (Å²) in [7, 11) is 0. The van der Waals surface area contributed by atoms with E-state index in [0.29, 0.717) is 25.3 Å². The van der Waals surface area contributed by atoms with Gasteiger partial charge >= 0.3 is 6.09 Å². The van der Waals surface area contributed by atoms with Gasteiger partial charge in [-0.15, -0.1) is 11.3 Å². The minimum absolute atomic E-state index is 0.170. The smallest absolute Gasteiger partial charge is 0.411 e. The fourth-order valence-corrected chi connectivity index (χ4v) is 5.33. The van der Waals surface area contributed by atoms with Gasteiger partial charge in [0.2, 0.25) is 11.8 Å². The third-order valence-electron chi connectivity index (χ3n) is 6.03. The number of amides is 3. The maximum Gasteiger partial charge on any atom is 0.411 e. The first-order valence-electron chi connectivity index (χ1n) is 12.3. The number of nitrogen functional groups attached to an aromatic ring is 1. The van der Waals surface area contributed by atoms with Crippen molar-refractivity contribution in [2.24, 2.45) is 0 Å². The van der Waals surface area contributed by atoms with Gasteiger partial charge in [0, 0.05) is 34.2 Å². The van der Waals surface area contributed by atoms with Crippen molar-refractivity contribution in [1.29, 1.82) is 0 Å². The number of carbonyl (C=O) groups is 3. The average Bonchev–Trinajstić information content (AvgIpc) is 3.50. The number of nitrogens with one attached hydrogen (secondary N) is 1. The number of benzene rings is 1. The molecule has 1 aliphatic heterocycles. The lowest BCUT2D eigenvalue weighted by molar-refractivity contribution is -0.139. The maximum atomic E-state index is 13.3. The average molecular weight is 524 g/mol. The number of aromatic nitrogens is 1. The van der Waals surface area contributed by atoms with Gasteiger partial charge in [0.15, 0.2) is 0 Å². The number of fused-ring (bicyclic) bond motifs is 1. The number of pyridine rings is 1. The van der Waals surface area contributed by atoms with Crippen LogP contribution >= 0.6 is 11.3 Å². The van der Waals surface area contributed by atoms with Gasteiger partial charge in [-0.2, -0.15) is 0 Å². The Morgan fingerprint density at radius 3 is 2.68 bits per heavy atom. The summed E-state index contributed by atoms with van der Waals surface area (Å²) >= 11 is 1.55. The Morgan fingerprint density at radius 1 is 1.22 bits per heavy atom. The topological polar surface area (TPSA) is 118 Å². The van der Waals surface area contributed by atoms with Crippen LogP contribution in [0, 0.1) is 0 Å². The highest BCUT2D eigenvalue weighted by Crippen LogP contribution is 2.28. The quantitative estimate of drug-likeness (QED) is 0.485. The van der Waals surface area contributed by atoms with Crippen LogP contribution in [0.25, 0.3) is 10.1 Å². The number of likely N-dealkylation sites (tertiary alicyclic amines) is 1. The number of nitrogens with zero attached hydrogens (tertiary/aromatic N) is 3. The van der Waals surface area contributed by atoms with Gasteiger partial charge in [0.05, 0.1) is 6.54 Å². The lowest BCUT2D eigenvalue weighted by Gasteiger charge is -2.30. The van der Waals surface area contributed by atoms with Gasteiger partial charge < -0.3 is 20.7 Å². The van der Waals surface area contributed by atoms with Crippen LogP contribution < -0.4 is 11.1 Å². The van der Waals surface area contributed by atoms with E-state index < -0.39 is 17.7 Å². The fraction of sp³-hybridized carbons (Fsp3) is 0.407. The lowest BCUT2D eigenvalue weighted by Crippen LogP contribution is -2.50. The molecule has 2 aromatic heterocycles. The minimum Gasteiger partial charge on any atom is -0.444 e. The molecule has 0 radical (unpaired) electrons. The molecular weight excluding hydrogens is 490 g/mol. The zero-order valence-corrected chi connectivity index (χ0v) is 22.2. The molecule has 4 rings (SSSR count). The van der Waals surface area contributed by atoms with Crippen molar-refractivity contribution >= 4 is 45.1 Å². The second-order valence-electron chi connectivity index (χ2n) is 10.1. The van der Waals surface area contributed by atoms with E-state index >= 15 is 0 Å². The third kappa shape index (κ3) is 6.76. The normalized spacial score (nSPS) is 15.5. The van der Waals surface area contributed by atoms with E-state index in [-0.39, 0.29) is 24.9 Å². The number of hydrogen-bond acceptors (Lipinski definition) is 7. The number of nitrogens with two attached hydrogens (primary N) is 1. The van der Waals surface area contributed by atoms with Crippen molar-refractivity contribution < 1.29 is 19.1 Å². The van der Waals surface area contributed by atoms with E-state index in [1.165, 1.54) is 4.90 Å². The number of rotatable bonds is 7. The van der Waals surface area contributed by atoms with Crippen LogP contribution in [0.3, 0.4) is 0 Å². The highest BCUT2D eigenvalue weighted by atomic mass is 32.1. The summed E-state index contributed by atoms with van der Waals surface area (Å²) in [6, 6.07) is 12.7. The summed E-state index contributed by atoms with van der Waals surface area (Å²) in [6.07, 6.45) is 2.39. The number of thiophene rings is 1. The Kier molecular flexibility index (Phi) is 7.97. The Balaban J connectivity index is 1.41. The second-order valence-corrected chi connectivity index (χ2v) is 11.3. The molecule has 3 amide bonds. The van der Waals surface area contributed by atoms with E-state index in [9.17, 15) is 14.4 Å². The van der Waals surface area contributed by atoms with Gasteiger partial charge in [-0.1, -0.05) is 30.3 Å². The SMILES string of the molecule is CC(C)(C)OC(=O)N(CC(=O)N1CCCC1C(=O)NCc1cc2c(N)nccc2s1)Cc1ccccc1. The molecule has 196 valence electrons. The largest absolute Gasteiger partial charge is 0.444 e. The summed E-state index contributed by atoms with van der Waals surface area (Å²) < 4.78 is 6.56. The number of ether oxygens (including phenoxy) is 1. The van der Waals surface area contributed by atoms with Crippen molar-refractivity contribution in [3.8, 4) is 0 Å². The van der Waals surface area contributed by atoms with Crippen LogP contribution in [0.1, 0.15) is 44.1 Å². The molecule has 3 N–H and O–H groups in total. The van der Waals surface area contributed by atoms with Crippen LogP contribution in [0.5, 0.6) is 0 Å². The zero-order valence-electron chi connectivity index (χ0n) is 21.4. The zero-order chi connectivity index (χ0) is 26.6. The van der Waals surface area contributed by atoms with Gasteiger partial charge in [-0.3, -0.25) is 14.5 Å². The molecule has 1 saturated heterocycles. The van der Waals surface area contributed by atoms with Crippen molar-refractivity contribution in [2.75, 3.05) is 18.8 Å². The molecule has 37 heavy (non-hydrogen) atoms. The molecule has 3 heterocycles. The Bertz CT molecular complexity index is 1270. The van der Waals surface area contributed by atoms with Crippen LogP contribution in [0.2, 0.25) is 0 Å². The predicted octanol–water partition coefficient (Wildman–Crippen LogP) is 3.92. The first-order chi connectivity index (χ1) is 17.6. The maximum absolute atomic E-state index is 13.3. The van der Waals surface area contributed by atoms with Crippen LogP contribution in [-0.4, -0.2) is 57.4 Å². The molecule has 0 bridgehead atoms. The molecule has 3 aromatic rings. The minimum atomic E-state index is -0.696. The standard InChI is InChI=1S/C27H33N5O4S/c1-27(2,3)36-26(35)31(16-18-8-5-4-6-9-18)17-23(33)32-13-7-10-21(32)25(34)30-15-19-14-20-22(37-19)11-12-29-24(20)28/h4-6,8-9,11-12,14,21H,7,10,13,15-17H2,1-3H3,(H2,28,29)(H,30,34). The van der Waals surface area contributed by atoms with E-state index in [2.05, 4.69) is 10.3 Å². The molecule has 10 heteroatoms. The van der Waals surface area contributed by atoms with E-state index in [1.807, 2.05) is 42.5 Å². The highest BCUT2D eigenvalue weighted by Gasteiger charge is 2.35. The molecule has 0 saturated carbocycles. The summed E-state index contributed by atoms with van der Waals surface area (Å²) in [5.74, 6) is -0.0228. The summed E-state index contributed by atoms with van der Waals surface area (Å²) in [4.78, 5) is 47.4. The molecule has 1 fully saturated rings. The number of anilines is 1. The van der Waals surface area contributed by atoms with Crippen LogP contribution in [0.15, 0.2) is 48.7 Å². The van der Waals surface area contributed by atoms with Gasteiger partial charge in [-0.25, -0.2) is 9.78 Å². The fourth-order valence-electron chi connectivity index (χ4n) is 4.32.